The third kappa shape index (κ3) is 4.26. The normalized spacial score (nSPS) is 10.8. The number of nitrogens with one attached hydrogen (secondary N) is 1. The summed E-state index contributed by atoms with van der Waals surface area (Å²) in [5, 5.41) is 12.7. The molecule has 0 aliphatic rings. The van der Waals surface area contributed by atoms with Crippen LogP contribution in [0.2, 0.25) is 5.02 Å². The van der Waals surface area contributed by atoms with Crippen LogP contribution in [0.25, 0.3) is 11.4 Å². The Kier molecular flexibility index (Phi) is 5.64. The van der Waals surface area contributed by atoms with E-state index in [0.717, 1.165) is 22.6 Å². The van der Waals surface area contributed by atoms with Crippen molar-refractivity contribution in [2.45, 2.75) is 19.0 Å². The minimum absolute atomic E-state index is 0.0713. The fourth-order valence-corrected chi connectivity index (χ4v) is 3.40. The van der Waals surface area contributed by atoms with Gasteiger partial charge in [-0.25, -0.2) is 0 Å². The molecule has 0 spiro atoms. The van der Waals surface area contributed by atoms with Gasteiger partial charge in [0.25, 0.3) is 0 Å². The van der Waals surface area contributed by atoms with Crippen LogP contribution in [0.1, 0.15) is 11.1 Å². The van der Waals surface area contributed by atoms with Crippen LogP contribution in [0.3, 0.4) is 0 Å². The number of nitrogens with zero attached hydrogens (tertiary/aromatic N) is 3. The second kappa shape index (κ2) is 7.93. The fourth-order valence-electron chi connectivity index (χ4n) is 2.56. The van der Waals surface area contributed by atoms with E-state index in [2.05, 4.69) is 15.5 Å². The van der Waals surface area contributed by atoms with Crippen LogP contribution in [0.15, 0.2) is 47.6 Å². The number of carbonyl (C=O) groups is 1. The monoisotopic (exact) mass is 386 g/mol. The summed E-state index contributed by atoms with van der Waals surface area (Å²) < 4.78 is 1.87. The molecule has 7 heteroatoms. The predicted octanol–water partition coefficient (Wildman–Crippen LogP) is 4.48. The van der Waals surface area contributed by atoms with Gasteiger partial charge >= 0.3 is 0 Å². The molecule has 0 saturated heterocycles. The summed E-state index contributed by atoms with van der Waals surface area (Å²) in [5.41, 5.74) is 3.98. The Balaban J connectivity index is 1.64. The second-order valence-corrected chi connectivity index (χ2v) is 7.41. The number of hydrogen-bond acceptors (Lipinski definition) is 4. The van der Waals surface area contributed by atoms with Crippen molar-refractivity contribution in [2.75, 3.05) is 11.1 Å². The first kappa shape index (κ1) is 18.5. The van der Waals surface area contributed by atoms with E-state index in [1.807, 2.05) is 67.9 Å². The summed E-state index contributed by atoms with van der Waals surface area (Å²) in [4.78, 5) is 12.2. The van der Waals surface area contributed by atoms with E-state index in [1.54, 1.807) is 0 Å². The molecule has 0 saturated carbocycles. The third-order valence-electron chi connectivity index (χ3n) is 3.93. The number of aromatic nitrogens is 3. The quantitative estimate of drug-likeness (QED) is 0.656. The van der Waals surface area contributed by atoms with Crippen LogP contribution in [-0.4, -0.2) is 26.4 Å². The zero-order valence-corrected chi connectivity index (χ0v) is 16.4. The summed E-state index contributed by atoms with van der Waals surface area (Å²) in [6.07, 6.45) is 0. The zero-order valence-electron chi connectivity index (χ0n) is 14.8. The maximum atomic E-state index is 12.2. The van der Waals surface area contributed by atoms with Crippen LogP contribution < -0.4 is 5.32 Å². The lowest BCUT2D eigenvalue weighted by molar-refractivity contribution is -0.113. The van der Waals surface area contributed by atoms with Crippen molar-refractivity contribution in [2.24, 2.45) is 7.05 Å². The van der Waals surface area contributed by atoms with E-state index in [-0.39, 0.29) is 11.7 Å². The van der Waals surface area contributed by atoms with E-state index < -0.39 is 0 Å². The first-order chi connectivity index (χ1) is 12.4. The highest BCUT2D eigenvalue weighted by atomic mass is 35.5. The molecule has 0 aliphatic heterocycles. The third-order valence-corrected chi connectivity index (χ3v) is 5.20. The molecule has 0 aliphatic carbocycles. The Hall–Kier alpha value is -2.31. The highest BCUT2D eigenvalue weighted by molar-refractivity contribution is 7.99. The Morgan fingerprint density at radius 2 is 1.88 bits per heavy atom. The molecule has 0 bridgehead atoms. The minimum atomic E-state index is -0.0713. The number of amides is 1. The molecule has 3 aromatic rings. The number of rotatable bonds is 5. The Labute approximate surface area is 161 Å². The van der Waals surface area contributed by atoms with Crippen molar-refractivity contribution in [1.29, 1.82) is 0 Å². The van der Waals surface area contributed by atoms with Crippen molar-refractivity contribution in [3.05, 3.63) is 58.6 Å². The molecule has 0 atom stereocenters. The van der Waals surface area contributed by atoms with Crippen LogP contribution in [-0.2, 0) is 11.8 Å². The number of aryl methyl sites for hydroxylation is 2. The lowest BCUT2D eigenvalue weighted by atomic mass is 10.1. The standard InChI is InChI=1S/C19H19ClN4OS/c1-12-4-9-16(13(2)10-12)21-17(25)11-26-19-23-22-18(24(19)3)14-5-7-15(20)8-6-14/h4-10H,11H2,1-3H3,(H,21,25). The van der Waals surface area contributed by atoms with Crippen molar-refractivity contribution >= 4 is 35.0 Å². The van der Waals surface area contributed by atoms with Gasteiger partial charge < -0.3 is 9.88 Å². The van der Waals surface area contributed by atoms with Crippen molar-refractivity contribution in [3.8, 4) is 11.4 Å². The molecule has 1 amide bonds. The average Bonchev–Trinajstić information content (AvgIpc) is 2.97. The topological polar surface area (TPSA) is 59.8 Å². The summed E-state index contributed by atoms with van der Waals surface area (Å²) in [7, 11) is 1.88. The van der Waals surface area contributed by atoms with Gasteiger partial charge in [0, 0.05) is 23.3 Å². The van der Waals surface area contributed by atoms with Gasteiger partial charge in [-0.1, -0.05) is 41.1 Å². The average molecular weight is 387 g/mol. The van der Waals surface area contributed by atoms with Gasteiger partial charge in [0.05, 0.1) is 5.75 Å². The fraction of sp³-hybridized carbons (Fsp3) is 0.211. The van der Waals surface area contributed by atoms with Gasteiger partial charge in [-0.15, -0.1) is 10.2 Å². The van der Waals surface area contributed by atoms with Gasteiger partial charge in [0.15, 0.2) is 11.0 Å². The lowest BCUT2D eigenvalue weighted by Gasteiger charge is -2.09. The SMILES string of the molecule is Cc1ccc(NC(=O)CSc2nnc(-c3ccc(Cl)cc3)n2C)c(C)c1. The molecule has 26 heavy (non-hydrogen) atoms. The molecule has 0 unspecified atom stereocenters. The largest absolute Gasteiger partial charge is 0.325 e. The molecular weight excluding hydrogens is 368 g/mol. The van der Waals surface area contributed by atoms with Crippen LogP contribution in [0.5, 0.6) is 0 Å². The maximum Gasteiger partial charge on any atom is 0.234 e. The summed E-state index contributed by atoms with van der Waals surface area (Å²) in [6.45, 7) is 4.01. The Bertz CT molecular complexity index is 937. The van der Waals surface area contributed by atoms with Gasteiger partial charge in [-0.2, -0.15) is 0 Å². The summed E-state index contributed by atoms with van der Waals surface area (Å²) >= 11 is 7.28. The number of carbonyl (C=O) groups excluding carboxylic acids is 1. The molecule has 5 nitrogen and oxygen atoms in total. The Morgan fingerprint density at radius 1 is 1.15 bits per heavy atom. The lowest BCUT2D eigenvalue weighted by Crippen LogP contribution is -2.15. The molecule has 1 heterocycles. The van der Waals surface area contributed by atoms with Gasteiger partial charge in [-0.3, -0.25) is 4.79 Å². The molecule has 3 rings (SSSR count). The highest BCUT2D eigenvalue weighted by Gasteiger charge is 2.13. The van der Waals surface area contributed by atoms with E-state index in [0.29, 0.717) is 10.2 Å². The van der Waals surface area contributed by atoms with Crippen molar-refractivity contribution in [3.63, 3.8) is 0 Å². The second-order valence-electron chi connectivity index (χ2n) is 6.03. The predicted molar refractivity (Wildman–Crippen MR) is 107 cm³/mol. The van der Waals surface area contributed by atoms with Crippen LogP contribution in [0.4, 0.5) is 5.69 Å². The molecule has 2 aromatic carbocycles. The zero-order chi connectivity index (χ0) is 18.7. The summed E-state index contributed by atoms with van der Waals surface area (Å²) in [5.74, 6) is 0.928. The number of halogens is 1. The number of anilines is 1. The van der Waals surface area contributed by atoms with E-state index in [4.69, 9.17) is 11.6 Å². The first-order valence-electron chi connectivity index (χ1n) is 8.09. The molecular formula is C19H19ClN4OS. The van der Waals surface area contributed by atoms with E-state index in [1.165, 1.54) is 17.3 Å². The van der Waals surface area contributed by atoms with E-state index in [9.17, 15) is 4.79 Å². The first-order valence-corrected chi connectivity index (χ1v) is 9.45. The molecule has 134 valence electrons. The highest BCUT2D eigenvalue weighted by Crippen LogP contribution is 2.24. The van der Waals surface area contributed by atoms with E-state index >= 15 is 0 Å². The number of hydrogen-bond donors (Lipinski definition) is 1. The molecule has 1 N–H and O–H groups in total. The van der Waals surface area contributed by atoms with Gasteiger partial charge in [0.2, 0.25) is 5.91 Å². The van der Waals surface area contributed by atoms with Crippen molar-refractivity contribution < 1.29 is 4.79 Å². The number of benzene rings is 2. The number of thioether (sulfide) groups is 1. The van der Waals surface area contributed by atoms with Crippen LogP contribution in [0, 0.1) is 13.8 Å². The molecule has 0 radical (unpaired) electrons. The molecule has 0 fully saturated rings. The molecule has 1 aromatic heterocycles. The summed E-state index contributed by atoms with van der Waals surface area (Å²) in [6, 6.07) is 13.4. The Morgan fingerprint density at radius 3 is 2.58 bits per heavy atom. The minimum Gasteiger partial charge on any atom is -0.325 e. The smallest absolute Gasteiger partial charge is 0.234 e. The van der Waals surface area contributed by atoms with Crippen molar-refractivity contribution in [1.82, 2.24) is 14.8 Å². The maximum absolute atomic E-state index is 12.2. The van der Waals surface area contributed by atoms with Crippen LogP contribution >= 0.6 is 23.4 Å². The van der Waals surface area contributed by atoms with Gasteiger partial charge in [-0.05, 0) is 49.7 Å². The van der Waals surface area contributed by atoms with Gasteiger partial charge in [0.1, 0.15) is 0 Å².